The van der Waals surface area contributed by atoms with Crippen molar-refractivity contribution in [1.82, 2.24) is 19.6 Å². The molecular formula is C18H20N4O3. The van der Waals surface area contributed by atoms with Gasteiger partial charge in [-0.2, -0.15) is 5.10 Å². The van der Waals surface area contributed by atoms with Gasteiger partial charge in [-0.15, -0.1) is 0 Å². The average Bonchev–Trinajstić information content (AvgIpc) is 3.08. The highest BCUT2D eigenvalue weighted by Gasteiger charge is 2.41. The summed E-state index contributed by atoms with van der Waals surface area (Å²) in [7, 11) is 3.45. The minimum absolute atomic E-state index is 0.296. The molecule has 0 fully saturated rings. The summed E-state index contributed by atoms with van der Waals surface area (Å²) in [5, 5.41) is 4.07. The van der Waals surface area contributed by atoms with Crippen molar-refractivity contribution >= 4 is 17.7 Å². The topological polar surface area (TPSA) is 75.5 Å². The van der Waals surface area contributed by atoms with Crippen LogP contribution in [0.15, 0.2) is 30.6 Å². The summed E-state index contributed by atoms with van der Waals surface area (Å²) in [6, 6.07) is 4.25. The number of imide groups is 1. The number of hydrogen-bond donors (Lipinski definition) is 0. The fraction of sp³-hybridized carbons (Fsp3) is 0.333. The first-order valence-electron chi connectivity index (χ1n) is 8.00. The molecule has 2 aromatic rings. The van der Waals surface area contributed by atoms with E-state index in [0.29, 0.717) is 17.7 Å². The third-order valence-electron chi connectivity index (χ3n) is 4.37. The van der Waals surface area contributed by atoms with Gasteiger partial charge in [0.1, 0.15) is 6.04 Å². The zero-order valence-corrected chi connectivity index (χ0v) is 14.7. The van der Waals surface area contributed by atoms with Crippen molar-refractivity contribution in [2.75, 3.05) is 7.05 Å². The molecule has 0 radical (unpaired) electrons. The van der Waals surface area contributed by atoms with Gasteiger partial charge in [0.05, 0.1) is 17.3 Å². The van der Waals surface area contributed by atoms with Crippen LogP contribution in [-0.4, -0.2) is 50.4 Å². The van der Waals surface area contributed by atoms with Gasteiger partial charge in [0, 0.05) is 32.4 Å². The summed E-state index contributed by atoms with van der Waals surface area (Å²) in [6.45, 7) is 3.80. The van der Waals surface area contributed by atoms with Crippen molar-refractivity contribution in [3.63, 3.8) is 0 Å². The number of fused-ring (bicyclic) bond motifs is 1. The van der Waals surface area contributed by atoms with Gasteiger partial charge in [-0.05, 0) is 26.0 Å². The van der Waals surface area contributed by atoms with Gasteiger partial charge in [-0.1, -0.05) is 11.6 Å². The second kappa shape index (κ2) is 6.16. The van der Waals surface area contributed by atoms with E-state index in [9.17, 15) is 14.4 Å². The quantitative estimate of drug-likeness (QED) is 0.788. The molecule has 0 saturated carbocycles. The van der Waals surface area contributed by atoms with Gasteiger partial charge in [0.15, 0.2) is 0 Å². The number of carbonyl (C=O) groups excluding carboxylic acids is 3. The standard InChI is InChI=1S/C18H20N4O3/c1-11-5-6-14-15(7-11)18(25)22(17(14)24)12(2)16(23)20(3)9-13-8-19-21(4)10-13/h5-8,10,12H,9H2,1-4H3. The molecule has 1 unspecified atom stereocenters. The van der Waals surface area contributed by atoms with E-state index in [4.69, 9.17) is 0 Å². The third kappa shape index (κ3) is 2.93. The zero-order chi connectivity index (χ0) is 18.3. The molecule has 25 heavy (non-hydrogen) atoms. The maximum Gasteiger partial charge on any atom is 0.262 e. The lowest BCUT2D eigenvalue weighted by atomic mass is 10.1. The van der Waals surface area contributed by atoms with Crippen LogP contribution in [0.4, 0.5) is 0 Å². The van der Waals surface area contributed by atoms with Crippen molar-refractivity contribution in [2.45, 2.75) is 26.4 Å². The minimum Gasteiger partial charge on any atom is -0.340 e. The molecule has 1 aliphatic rings. The lowest BCUT2D eigenvalue weighted by molar-refractivity contribution is -0.134. The van der Waals surface area contributed by atoms with Crippen LogP contribution >= 0.6 is 0 Å². The summed E-state index contributed by atoms with van der Waals surface area (Å²) < 4.78 is 1.66. The van der Waals surface area contributed by atoms with Crippen LogP contribution in [0.2, 0.25) is 0 Å². The summed E-state index contributed by atoms with van der Waals surface area (Å²) in [5.41, 5.74) is 2.49. The third-order valence-corrected chi connectivity index (χ3v) is 4.37. The van der Waals surface area contributed by atoms with Gasteiger partial charge >= 0.3 is 0 Å². The van der Waals surface area contributed by atoms with Gasteiger partial charge in [0.25, 0.3) is 11.8 Å². The highest BCUT2D eigenvalue weighted by molar-refractivity contribution is 6.22. The Labute approximate surface area is 145 Å². The molecule has 0 aliphatic carbocycles. The number of benzene rings is 1. The highest BCUT2D eigenvalue weighted by atomic mass is 16.2. The lowest BCUT2D eigenvalue weighted by Gasteiger charge is -2.26. The number of likely N-dealkylation sites (N-methyl/N-ethyl adjacent to an activating group) is 1. The second-order valence-corrected chi connectivity index (χ2v) is 6.42. The Bertz CT molecular complexity index is 871. The van der Waals surface area contributed by atoms with Crippen molar-refractivity contribution in [3.8, 4) is 0 Å². The minimum atomic E-state index is -0.866. The summed E-state index contributed by atoms with van der Waals surface area (Å²) in [4.78, 5) is 40.4. The van der Waals surface area contributed by atoms with Crippen LogP contribution in [0.3, 0.4) is 0 Å². The van der Waals surface area contributed by atoms with Crippen molar-refractivity contribution in [2.24, 2.45) is 7.05 Å². The van der Waals surface area contributed by atoms with E-state index in [1.54, 1.807) is 50.1 Å². The molecule has 1 aliphatic heterocycles. The number of aromatic nitrogens is 2. The molecular weight excluding hydrogens is 320 g/mol. The monoisotopic (exact) mass is 340 g/mol. The predicted octanol–water partition coefficient (Wildman–Crippen LogP) is 1.37. The van der Waals surface area contributed by atoms with E-state index >= 15 is 0 Å². The molecule has 1 aromatic carbocycles. The Morgan fingerprint density at radius 3 is 2.56 bits per heavy atom. The lowest BCUT2D eigenvalue weighted by Crippen LogP contribution is -2.48. The molecule has 0 N–H and O–H groups in total. The van der Waals surface area contributed by atoms with Crippen molar-refractivity contribution in [1.29, 1.82) is 0 Å². The first-order chi connectivity index (χ1) is 11.8. The molecule has 0 bridgehead atoms. The van der Waals surface area contributed by atoms with Gasteiger partial charge in [0.2, 0.25) is 5.91 Å². The largest absolute Gasteiger partial charge is 0.340 e. The highest BCUT2D eigenvalue weighted by Crippen LogP contribution is 2.26. The Balaban J connectivity index is 1.78. The Morgan fingerprint density at radius 1 is 1.24 bits per heavy atom. The summed E-state index contributed by atoms with van der Waals surface area (Å²) in [5.74, 6) is -1.13. The van der Waals surface area contributed by atoms with E-state index in [0.717, 1.165) is 16.0 Å². The van der Waals surface area contributed by atoms with Crippen LogP contribution in [0.1, 0.15) is 38.8 Å². The SMILES string of the molecule is Cc1ccc2c(c1)C(=O)N(C(C)C(=O)N(C)Cc1cnn(C)c1)C2=O. The maximum atomic E-state index is 12.7. The van der Waals surface area contributed by atoms with E-state index in [-0.39, 0.29) is 5.91 Å². The molecule has 2 heterocycles. The zero-order valence-electron chi connectivity index (χ0n) is 14.7. The Morgan fingerprint density at radius 2 is 1.92 bits per heavy atom. The van der Waals surface area contributed by atoms with Crippen LogP contribution in [-0.2, 0) is 18.4 Å². The van der Waals surface area contributed by atoms with Crippen molar-refractivity contribution < 1.29 is 14.4 Å². The molecule has 1 aromatic heterocycles. The van der Waals surface area contributed by atoms with Crippen LogP contribution in [0, 0.1) is 6.92 Å². The molecule has 3 rings (SSSR count). The molecule has 7 heteroatoms. The van der Waals surface area contributed by atoms with Crippen LogP contribution < -0.4 is 0 Å². The fourth-order valence-corrected chi connectivity index (χ4v) is 3.06. The average molecular weight is 340 g/mol. The normalized spacial score (nSPS) is 14.6. The number of hydrogen-bond acceptors (Lipinski definition) is 4. The molecule has 1 atom stereocenters. The fourth-order valence-electron chi connectivity index (χ4n) is 3.06. The molecule has 130 valence electrons. The Kier molecular flexibility index (Phi) is 4.16. The van der Waals surface area contributed by atoms with E-state index in [1.807, 2.05) is 13.1 Å². The number of nitrogens with zero attached hydrogens (tertiary/aromatic N) is 4. The number of amides is 3. The predicted molar refractivity (Wildman–Crippen MR) is 90.8 cm³/mol. The van der Waals surface area contributed by atoms with Crippen molar-refractivity contribution in [3.05, 3.63) is 52.8 Å². The van der Waals surface area contributed by atoms with E-state index in [1.165, 1.54) is 4.90 Å². The van der Waals surface area contributed by atoms with Crippen LogP contribution in [0.5, 0.6) is 0 Å². The molecule has 0 spiro atoms. The Hall–Kier alpha value is -2.96. The second-order valence-electron chi connectivity index (χ2n) is 6.42. The first-order valence-corrected chi connectivity index (χ1v) is 8.00. The molecule has 3 amide bonds. The first kappa shape index (κ1) is 16.9. The van der Waals surface area contributed by atoms with Gasteiger partial charge in [-0.3, -0.25) is 24.0 Å². The van der Waals surface area contributed by atoms with Gasteiger partial charge < -0.3 is 4.90 Å². The summed E-state index contributed by atoms with van der Waals surface area (Å²) in [6.07, 6.45) is 3.50. The smallest absolute Gasteiger partial charge is 0.262 e. The van der Waals surface area contributed by atoms with E-state index < -0.39 is 17.9 Å². The number of carbonyl (C=O) groups is 3. The number of aryl methyl sites for hydroxylation is 2. The number of rotatable bonds is 4. The summed E-state index contributed by atoms with van der Waals surface area (Å²) >= 11 is 0. The molecule has 7 nitrogen and oxygen atoms in total. The van der Waals surface area contributed by atoms with E-state index in [2.05, 4.69) is 5.10 Å². The van der Waals surface area contributed by atoms with Crippen LogP contribution in [0.25, 0.3) is 0 Å². The maximum absolute atomic E-state index is 12.7. The van der Waals surface area contributed by atoms with Gasteiger partial charge in [-0.25, -0.2) is 0 Å². The molecule has 0 saturated heterocycles.